The topological polar surface area (TPSA) is 44.8 Å². The van der Waals surface area contributed by atoms with Crippen LogP contribution in [0.2, 0.25) is 0 Å². The molecule has 0 saturated heterocycles. The van der Waals surface area contributed by atoms with Crippen molar-refractivity contribution < 1.29 is 19.0 Å². The quantitative estimate of drug-likeness (QED) is 0.201. The molecule has 0 heterocycles. The normalized spacial score (nSPS) is 13.4. The van der Waals surface area contributed by atoms with Gasteiger partial charge in [0.05, 0.1) is 21.4 Å². The van der Waals surface area contributed by atoms with Gasteiger partial charge in [0.1, 0.15) is 24.2 Å². The van der Waals surface area contributed by atoms with E-state index in [9.17, 15) is 4.79 Å². The molecule has 0 saturated carbocycles. The number of esters is 1. The Hall–Kier alpha value is -1.24. The van der Waals surface area contributed by atoms with Crippen LogP contribution in [0.3, 0.4) is 0 Å². The van der Waals surface area contributed by atoms with E-state index >= 15 is 0 Å². The molecular weight excluding hydrogens is 560 g/mol. The molecule has 2 unspecified atom stereocenters. The fourth-order valence-electron chi connectivity index (χ4n) is 3.07. The van der Waals surface area contributed by atoms with Gasteiger partial charge in [-0.1, -0.05) is 46.2 Å². The number of hydrogen-bond acceptors (Lipinski definition) is 4. The smallest absolute Gasteiger partial charge is 0.303 e. The summed E-state index contributed by atoms with van der Waals surface area (Å²) in [4.78, 5) is 11.2. The zero-order valence-corrected chi connectivity index (χ0v) is 23.1. The van der Waals surface area contributed by atoms with Crippen LogP contribution in [0.1, 0.15) is 52.2 Å². The lowest BCUT2D eigenvalue weighted by atomic mass is 9.78. The number of halogens is 3. The van der Waals surface area contributed by atoms with Crippen LogP contribution in [-0.2, 0) is 14.9 Å². The Morgan fingerprint density at radius 3 is 2.12 bits per heavy atom. The second kappa shape index (κ2) is 12.3. The second-order valence-corrected chi connectivity index (χ2v) is 10.5. The molecule has 2 rings (SSSR count). The van der Waals surface area contributed by atoms with Crippen LogP contribution in [0.4, 0.5) is 0 Å². The third kappa shape index (κ3) is 7.39. The van der Waals surface area contributed by atoms with Crippen molar-refractivity contribution in [3.8, 4) is 11.5 Å². The van der Waals surface area contributed by atoms with Crippen molar-refractivity contribution in [3.63, 3.8) is 0 Å². The van der Waals surface area contributed by atoms with Gasteiger partial charge < -0.3 is 14.2 Å². The van der Waals surface area contributed by atoms with Gasteiger partial charge >= 0.3 is 5.97 Å². The molecule has 176 valence electrons. The second-order valence-electron chi connectivity index (χ2n) is 8.44. The van der Waals surface area contributed by atoms with Gasteiger partial charge in [-0.05, 0) is 73.2 Å². The molecule has 0 N–H and O–H groups in total. The Labute approximate surface area is 213 Å². The van der Waals surface area contributed by atoms with E-state index in [1.165, 1.54) is 12.5 Å². The summed E-state index contributed by atoms with van der Waals surface area (Å²) in [5.74, 6) is 1.84. The van der Waals surface area contributed by atoms with Crippen molar-refractivity contribution >= 4 is 49.4 Å². The standard InChI is InChI=1S/C25H31Br2ClO4/c1-6-16(2)14-30-20-9-7-18(8-10-20)25(4,5)19-11-22(26)24(23(27)12-19)31-15-21(13-28)32-17(3)29/h7-12,16,21H,6,13-15H2,1-5H3. The molecule has 32 heavy (non-hydrogen) atoms. The predicted molar refractivity (Wildman–Crippen MR) is 137 cm³/mol. The van der Waals surface area contributed by atoms with E-state index < -0.39 is 6.10 Å². The molecule has 4 nitrogen and oxygen atoms in total. The van der Waals surface area contributed by atoms with E-state index in [4.69, 9.17) is 25.8 Å². The van der Waals surface area contributed by atoms with Gasteiger partial charge in [0.15, 0.2) is 0 Å². The fraction of sp³-hybridized carbons (Fsp3) is 0.480. The molecule has 2 aromatic rings. The minimum absolute atomic E-state index is 0.164. The van der Waals surface area contributed by atoms with Crippen LogP contribution < -0.4 is 9.47 Å². The predicted octanol–water partition coefficient (Wildman–Crippen LogP) is 7.51. The summed E-state index contributed by atoms with van der Waals surface area (Å²) < 4.78 is 18.5. The Morgan fingerprint density at radius 2 is 1.62 bits per heavy atom. The molecular formula is C25H31Br2ClO4. The first-order chi connectivity index (χ1) is 15.1. The highest BCUT2D eigenvalue weighted by atomic mass is 79.9. The van der Waals surface area contributed by atoms with E-state index in [0.29, 0.717) is 11.7 Å². The first kappa shape index (κ1) is 27.0. The molecule has 0 radical (unpaired) electrons. The molecule has 0 aliphatic heterocycles. The van der Waals surface area contributed by atoms with Crippen molar-refractivity contribution in [1.82, 2.24) is 0 Å². The number of ether oxygens (including phenoxy) is 3. The van der Waals surface area contributed by atoms with Crippen molar-refractivity contribution in [2.45, 2.75) is 52.6 Å². The summed E-state index contributed by atoms with van der Waals surface area (Å²) in [7, 11) is 0. The van der Waals surface area contributed by atoms with Gasteiger partial charge in [0.2, 0.25) is 0 Å². The Morgan fingerprint density at radius 1 is 1.03 bits per heavy atom. The van der Waals surface area contributed by atoms with Crippen LogP contribution in [0.5, 0.6) is 11.5 Å². The summed E-state index contributed by atoms with van der Waals surface area (Å²) in [6, 6.07) is 12.4. The molecule has 0 fully saturated rings. The third-order valence-electron chi connectivity index (χ3n) is 5.45. The molecule has 0 aliphatic rings. The largest absolute Gasteiger partial charge is 0.493 e. The van der Waals surface area contributed by atoms with Crippen molar-refractivity contribution in [1.29, 1.82) is 0 Å². The number of rotatable bonds is 11. The van der Waals surface area contributed by atoms with Gasteiger partial charge in [-0.25, -0.2) is 0 Å². The Kier molecular flexibility index (Phi) is 10.4. The lowest BCUT2D eigenvalue weighted by Gasteiger charge is -2.28. The zero-order valence-electron chi connectivity index (χ0n) is 19.2. The number of carbonyl (C=O) groups is 1. The lowest BCUT2D eigenvalue weighted by molar-refractivity contribution is -0.146. The molecule has 0 amide bonds. The number of benzene rings is 2. The molecule has 0 spiro atoms. The number of alkyl halides is 1. The summed E-state index contributed by atoms with van der Waals surface area (Å²) in [6.07, 6.45) is 0.593. The highest BCUT2D eigenvalue weighted by Crippen LogP contribution is 2.41. The number of carbonyl (C=O) groups excluding carboxylic acids is 1. The maximum absolute atomic E-state index is 11.2. The van der Waals surface area contributed by atoms with Crippen molar-refractivity contribution in [2.24, 2.45) is 5.92 Å². The Bertz CT molecular complexity index is 876. The van der Waals surface area contributed by atoms with Crippen LogP contribution in [0.25, 0.3) is 0 Å². The lowest BCUT2D eigenvalue weighted by Crippen LogP contribution is -2.26. The Balaban J connectivity index is 2.17. The van der Waals surface area contributed by atoms with E-state index in [1.807, 2.05) is 12.1 Å². The third-order valence-corrected chi connectivity index (χ3v) is 6.97. The fourth-order valence-corrected chi connectivity index (χ4v) is 4.64. The number of hydrogen-bond donors (Lipinski definition) is 0. The first-order valence-corrected chi connectivity index (χ1v) is 12.8. The molecule has 0 bridgehead atoms. The van der Waals surface area contributed by atoms with Gasteiger partial charge in [-0.15, -0.1) is 11.6 Å². The maximum atomic E-state index is 11.2. The zero-order chi connectivity index (χ0) is 23.9. The van der Waals surface area contributed by atoms with Gasteiger partial charge in [-0.2, -0.15) is 0 Å². The van der Waals surface area contributed by atoms with Crippen LogP contribution in [-0.4, -0.2) is 31.2 Å². The SMILES string of the molecule is CCC(C)COc1ccc(C(C)(C)c2cc(Br)c(OCC(CCl)OC(C)=O)c(Br)c2)cc1. The minimum Gasteiger partial charge on any atom is -0.493 e. The summed E-state index contributed by atoms with van der Waals surface area (Å²) >= 11 is 13.1. The van der Waals surface area contributed by atoms with E-state index in [0.717, 1.165) is 33.3 Å². The monoisotopic (exact) mass is 588 g/mol. The van der Waals surface area contributed by atoms with Gasteiger partial charge in [0.25, 0.3) is 0 Å². The molecule has 0 aromatic heterocycles. The molecule has 2 atom stereocenters. The minimum atomic E-state index is -0.509. The molecule has 2 aromatic carbocycles. The van der Waals surface area contributed by atoms with Crippen LogP contribution >= 0.6 is 43.5 Å². The van der Waals surface area contributed by atoms with E-state index in [1.54, 1.807) is 0 Å². The molecule has 7 heteroatoms. The molecule has 0 aliphatic carbocycles. The van der Waals surface area contributed by atoms with Crippen LogP contribution in [0.15, 0.2) is 45.3 Å². The maximum Gasteiger partial charge on any atom is 0.303 e. The average molecular weight is 591 g/mol. The van der Waals surface area contributed by atoms with E-state index in [2.05, 4.69) is 83.8 Å². The summed E-state index contributed by atoms with van der Waals surface area (Å²) in [5.41, 5.74) is 2.05. The summed E-state index contributed by atoms with van der Waals surface area (Å²) in [6.45, 7) is 11.0. The summed E-state index contributed by atoms with van der Waals surface area (Å²) in [5, 5.41) is 0. The van der Waals surface area contributed by atoms with Crippen molar-refractivity contribution in [3.05, 3.63) is 56.5 Å². The van der Waals surface area contributed by atoms with E-state index in [-0.39, 0.29) is 23.9 Å². The van der Waals surface area contributed by atoms with Crippen LogP contribution in [0, 0.1) is 5.92 Å². The van der Waals surface area contributed by atoms with Gasteiger partial charge in [0, 0.05) is 12.3 Å². The highest BCUT2D eigenvalue weighted by Gasteiger charge is 2.26. The first-order valence-electron chi connectivity index (χ1n) is 10.7. The average Bonchev–Trinajstić information content (AvgIpc) is 2.75. The highest BCUT2D eigenvalue weighted by molar-refractivity contribution is 9.11. The van der Waals surface area contributed by atoms with Gasteiger partial charge in [-0.3, -0.25) is 4.79 Å². The van der Waals surface area contributed by atoms with Crippen molar-refractivity contribution in [2.75, 3.05) is 19.1 Å².